The summed E-state index contributed by atoms with van der Waals surface area (Å²) < 4.78 is 53.2. The second-order valence-electron chi connectivity index (χ2n) is 7.43. The molecule has 1 aliphatic heterocycles. The zero-order valence-corrected chi connectivity index (χ0v) is 16.3. The van der Waals surface area contributed by atoms with Gasteiger partial charge in [0.25, 0.3) is 0 Å². The predicted molar refractivity (Wildman–Crippen MR) is 106 cm³/mol. The maximum absolute atomic E-state index is 14.8. The third kappa shape index (κ3) is 4.38. The first-order valence-electron chi connectivity index (χ1n) is 9.43. The highest BCUT2D eigenvalue weighted by atomic mass is 35.5. The van der Waals surface area contributed by atoms with Gasteiger partial charge in [0, 0.05) is 23.7 Å². The fraction of sp³-hybridized carbons (Fsp3) is 0.318. The number of halogens is 5. The van der Waals surface area contributed by atoms with Gasteiger partial charge in [-0.3, -0.25) is 9.88 Å². The summed E-state index contributed by atoms with van der Waals surface area (Å²) in [6.07, 6.45) is -2.32. The number of hydrogen-bond donors (Lipinski definition) is 0. The van der Waals surface area contributed by atoms with Crippen LogP contribution in [0.4, 0.5) is 17.6 Å². The van der Waals surface area contributed by atoms with Crippen LogP contribution in [-0.4, -0.2) is 29.1 Å². The molecule has 0 N–H and O–H groups in total. The minimum Gasteiger partial charge on any atom is -0.299 e. The quantitative estimate of drug-likeness (QED) is 0.450. The number of fused-ring (bicyclic) bond motifs is 1. The summed E-state index contributed by atoms with van der Waals surface area (Å²) in [5, 5.41) is 1.30. The lowest BCUT2D eigenvalue weighted by Gasteiger charge is -2.32. The van der Waals surface area contributed by atoms with Gasteiger partial charge < -0.3 is 0 Å². The Kier molecular flexibility index (Phi) is 5.49. The molecule has 2 nitrogen and oxygen atoms in total. The topological polar surface area (TPSA) is 16.1 Å². The van der Waals surface area contributed by atoms with Crippen LogP contribution in [0.5, 0.6) is 0 Å². The molecule has 152 valence electrons. The third-order valence-corrected chi connectivity index (χ3v) is 5.82. The minimum absolute atomic E-state index is 0.0932. The molecule has 0 unspecified atom stereocenters. The van der Waals surface area contributed by atoms with Crippen molar-refractivity contribution in [2.24, 2.45) is 5.92 Å². The van der Waals surface area contributed by atoms with Gasteiger partial charge in [0.15, 0.2) is 0 Å². The van der Waals surface area contributed by atoms with Crippen LogP contribution in [0.3, 0.4) is 0 Å². The Balaban J connectivity index is 1.50. The van der Waals surface area contributed by atoms with Gasteiger partial charge in [0.05, 0.1) is 16.5 Å². The van der Waals surface area contributed by atoms with E-state index < -0.39 is 12.1 Å². The number of likely N-dealkylation sites (tertiary alicyclic amines) is 1. The van der Waals surface area contributed by atoms with E-state index in [0.29, 0.717) is 35.8 Å². The van der Waals surface area contributed by atoms with Gasteiger partial charge in [-0.2, -0.15) is 13.2 Å². The van der Waals surface area contributed by atoms with Crippen molar-refractivity contribution >= 4 is 22.5 Å². The molecule has 7 heteroatoms. The van der Waals surface area contributed by atoms with Gasteiger partial charge in [0.2, 0.25) is 0 Å². The Labute approximate surface area is 171 Å². The van der Waals surface area contributed by atoms with Crippen molar-refractivity contribution in [1.82, 2.24) is 9.88 Å². The van der Waals surface area contributed by atoms with Gasteiger partial charge in [0.1, 0.15) is 5.82 Å². The molecule has 0 bridgehead atoms. The van der Waals surface area contributed by atoms with Crippen molar-refractivity contribution in [2.45, 2.75) is 25.6 Å². The van der Waals surface area contributed by atoms with Crippen LogP contribution in [0, 0.1) is 11.7 Å². The molecule has 1 saturated heterocycles. The lowest BCUT2D eigenvalue weighted by molar-refractivity contribution is -0.185. The Bertz CT molecular complexity index is 1030. The van der Waals surface area contributed by atoms with E-state index in [1.54, 1.807) is 30.5 Å². The molecule has 2 aromatic carbocycles. The summed E-state index contributed by atoms with van der Waals surface area (Å²) in [5.41, 5.74) is 2.63. The Morgan fingerprint density at radius 2 is 1.79 bits per heavy atom. The number of rotatable bonds is 3. The average Bonchev–Trinajstić information content (AvgIpc) is 2.68. The molecule has 1 aliphatic rings. The van der Waals surface area contributed by atoms with Gasteiger partial charge in [-0.15, -0.1) is 0 Å². The van der Waals surface area contributed by atoms with Crippen LogP contribution in [0.1, 0.15) is 18.4 Å². The molecule has 2 heterocycles. The largest absolute Gasteiger partial charge is 0.391 e. The lowest BCUT2D eigenvalue weighted by Crippen LogP contribution is -2.38. The van der Waals surface area contributed by atoms with Crippen LogP contribution in [0.25, 0.3) is 22.0 Å². The van der Waals surface area contributed by atoms with E-state index >= 15 is 0 Å². The molecule has 0 amide bonds. The number of benzene rings is 2. The van der Waals surface area contributed by atoms with Gasteiger partial charge in [-0.05, 0) is 61.3 Å². The summed E-state index contributed by atoms with van der Waals surface area (Å²) in [6, 6.07) is 12.1. The van der Waals surface area contributed by atoms with E-state index in [1.165, 1.54) is 6.07 Å². The standard InChI is InChI=1S/C22H19ClF4N2/c23-19-5-8-28-21-4-2-15(12-18(19)21)17-3-1-14(11-20(17)24)13-29-9-6-16(7-10-29)22(25,26)27/h1-5,8,11-12,16H,6-7,9-10,13H2. The van der Waals surface area contributed by atoms with Crippen LogP contribution in [0.15, 0.2) is 48.7 Å². The van der Waals surface area contributed by atoms with Crippen molar-refractivity contribution in [3.8, 4) is 11.1 Å². The molecule has 0 spiro atoms. The van der Waals surface area contributed by atoms with E-state index in [4.69, 9.17) is 11.6 Å². The highest BCUT2D eigenvalue weighted by Gasteiger charge is 2.40. The molecular formula is C22H19ClF4N2. The number of aromatic nitrogens is 1. The highest BCUT2D eigenvalue weighted by Crippen LogP contribution is 2.35. The third-order valence-electron chi connectivity index (χ3n) is 5.49. The highest BCUT2D eigenvalue weighted by molar-refractivity contribution is 6.35. The van der Waals surface area contributed by atoms with Gasteiger partial charge >= 0.3 is 6.18 Å². The van der Waals surface area contributed by atoms with Crippen LogP contribution >= 0.6 is 11.6 Å². The zero-order chi connectivity index (χ0) is 20.6. The van der Waals surface area contributed by atoms with Crippen molar-refractivity contribution in [2.75, 3.05) is 13.1 Å². The minimum atomic E-state index is -4.13. The smallest absolute Gasteiger partial charge is 0.299 e. The van der Waals surface area contributed by atoms with E-state index in [2.05, 4.69) is 4.98 Å². The van der Waals surface area contributed by atoms with Crippen molar-refractivity contribution < 1.29 is 17.6 Å². The average molecular weight is 423 g/mol. The first-order chi connectivity index (χ1) is 13.8. The van der Waals surface area contributed by atoms with Gasteiger partial charge in [-0.1, -0.05) is 29.8 Å². The SMILES string of the molecule is Fc1cc(CN2CCC(C(F)(F)F)CC2)ccc1-c1ccc2nccc(Cl)c2c1. The molecule has 0 aliphatic carbocycles. The molecule has 3 aromatic rings. The molecular weight excluding hydrogens is 404 g/mol. The normalized spacial score (nSPS) is 16.4. The fourth-order valence-corrected chi connectivity index (χ4v) is 4.06. The van der Waals surface area contributed by atoms with Crippen molar-refractivity contribution in [3.05, 3.63) is 65.1 Å². The molecule has 4 rings (SSSR count). The van der Waals surface area contributed by atoms with E-state index in [1.807, 2.05) is 17.0 Å². The second kappa shape index (κ2) is 7.92. The summed E-state index contributed by atoms with van der Waals surface area (Å²) in [6.45, 7) is 1.17. The van der Waals surface area contributed by atoms with Crippen molar-refractivity contribution in [1.29, 1.82) is 0 Å². The summed E-state index contributed by atoms with van der Waals surface area (Å²) in [4.78, 5) is 6.19. The van der Waals surface area contributed by atoms with Crippen molar-refractivity contribution in [3.63, 3.8) is 0 Å². The number of piperidine rings is 1. The summed E-state index contributed by atoms with van der Waals surface area (Å²) >= 11 is 6.22. The molecule has 1 fully saturated rings. The first kappa shape index (κ1) is 20.1. The van der Waals surface area contributed by atoms with E-state index in [0.717, 1.165) is 16.5 Å². The molecule has 29 heavy (non-hydrogen) atoms. The summed E-state index contributed by atoms with van der Waals surface area (Å²) in [5.74, 6) is -1.60. The maximum Gasteiger partial charge on any atom is 0.391 e. The second-order valence-corrected chi connectivity index (χ2v) is 7.84. The number of alkyl halides is 3. The monoisotopic (exact) mass is 422 g/mol. The number of pyridine rings is 1. The van der Waals surface area contributed by atoms with Gasteiger partial charge in [-0.25, -0.2) is 4.39 Å². The van der Waals surface area contributed by atoms with Crippen LogP contribution in [-0.2, 0) is 6.54 Å². The first-order valence-corrected chi connectivity index (χ1v) is 9.81. The predicted octanol–water partition coefficient (Wildman–Crippen LogP) is 6.47. The van der Waals surface area contributed by atoms with Crippen LogP contribution < -0.4 is 0 Å². The Morgan fingerprint density at radius 3 is 2.48 bits per heavy atom. The van der Waals surface area contributed by atoms with E-state index in [-0.39, 0.29) is 18.7 Å². The molecule has 0 atom stereocenters. The zero-order valence-electron chi connectivity index (χ0n) is 15.5. The number of hydrogen-bond acceptors (Lipinski definition) is 2. The maximum atomic E-state index is 14.8. The molecule has 1 aromatic heterocycles. The summed E-state index contributed by atoms with van der Waals surface area (Å²) in [7, 11) is 0. The Hall–Kier alpha value is -2.18. The van der Waals surface area contributed by atoms with E-state index in [9.17, 15) is 17.6 Å². The molecule has 0 radical (unpaired) electrons. The lowest BCUT2D eigenvalue weighted by atomic mass is 9.95. The number of nitrogens with zero attached hydrogens (tertiary/aromatic N) is 2. The Morgan fingerprint density at radius 1 is 1.03 bits per heavy atom. The molecule has 0 saturated carbocycles. The fourth-order valence-electron chi connectivity index (χ4n) is 3.85. The van der Waals surface area contributed by atoms with Crippen LogP contribution in [0.2, 0.25) is 5.02 Å².